The quantitative estimate of drug-likeness (QED) is 0.228. The van der Waals surface area contributed by atoms with Crippen molar-refractivity contribution in [1.82, 2.24) is 0 Å². The van der Waals surface area contributed by atoms with Crippen molar-refractivity contribution in [2.75, 3.05) is 45.0 Å². The molecule has 0 radical (unpaired) electrons. The molecular weight excluding hydrogens is 338 g/mol. The second kappa shape index (κ2) is 13.6. The number of hydrogen-bond acceptors (Lipinski definition) is 6. The van der Waals surface area contributed by atoms with Crippen molar-refractivity contribution in [1.29, 1.82) is 0 Å². The highest BCUT2D eigenvalue weighted by molar-refractivity contribution is 7.99. The van der Waals surface area contributed by atoms with Gasteiger partial charge in [-0.05, 0) is 44.0 Å². The summed E-state index contributed by atoms with van der Waals surface area (Å²) in [4.78, 5) is 4.55. The lowest BCUT2D eigenvalue weighted by Crippen LogP contribution is -2.06. The zero-order valence-corrected chi connectivity index (χ0v) is 16.4. The number of oxime groups is 1. The first kappa shape index (κ1) is 21.4. The maximum atomic E-state index is 5.94. The van der Waals surface area contributed by atoms with E-state index >= 15 is 0 Å². The van der Waals surface area contributed by atoms with E-state index in [0.29, 0.717) is 26.4 Å². The van der Waals surface area contributed by atoms with Crippen LogP contribution in [0.3, 0.4) is 0 Å². The molecule has 0 amide bonds. The Balaban J connectivity index is 2.25. The van der Waals surface area contributed by atoms with Crippen LogP contribution in [-0.2, 0) is 9.57 Å². The summed E-state index contributed by atoms with van der Waals surface area (Å²) in [5, 5.41) is 3.61. The molecule has 6 heteroatoms. The lowest BCUT2D eigenvalue weighted by atomic mass is 10.1. The molecule has 0 aliphatic rings. The van der Waals surface area contributed by atoms with E-state index in [9.17, 15) is 0 Å². The molecule has 1 aromatic rings. The first-order valence-electron chi connectivity index (χ1n) is 8.37. The number of nitrogens with zero attached hydrogens (tertiary/aromatic N) is 1. The van der Waals surface area contributed by atoms with Crippen molar-refractivity contribution >= 4 is 18.0 Å². The van der Waals surface area contributed by atoms with Gasteiger partial charge in [-0.25, -0.2) is 0 Å². The molecule has 0 atom stereocenters. The van der Waals surface area contributed by atoms with Gasteiger partial charge >= 0.3 is 0 Å². The Morgan fingerprint density at radius 2 is 1.76 bits per heavy atom. The molecule has 0 heterocycles. The summed E-state index contributed by atoms with van der Waals surface area (Å²) in [5.41, 5.74) is 2.20. The lowest BCUT2D eigenvalue weighted by molar-refractivity contribution is 0.181. The Labute approximate surface area is 155 Å². The SMILES string of the molecule is C/C=C/COc1cc(C)c(OCCSCCOCC=NOC)c(C)c1. The van der Waals surface area contributed by atoms with Gasteiger partial charge in [0.15, 0.2) is 0 Å². The molecule has 1 aromatic carbocycles. The van der Waals surface area contributed by atoms with Crippen molar-refractivity contribution in [3.63, 3.8) is 0 Å². The fourth-order valence-electron chi connectivity index (χ4n) is 2.13. The number of benzene rings is 1. The standard InChI is InChI=1S/C19H29NO4S/c1-5-6-8-23-18-14-16(2)19(17(3)15-18)24-11-13-25-12-10-22-9-7-20-21-4/h5-7,14-15H,8-13H2,1-4H3/b6-5+,20-7?. The average molecular weight is 368 g/mol. The molecule has 0 saturated heterocycles. The van der Waals surface area contributed by atoms with Crippen LogP contribution in [0.4, 0.5) is 0 Å². The molecular formula is C19H29NO4S. The first-order chi connectivity index (χ1) is 12.2. The number of aryl methyl sites for hydroxylation is 2. The minimum Gasteiger partial charge on any atom is -0.492 e. The second-order valence-electron chi connectivity index (χ2n) is 5.27. The molecule has 0 N–H and O–H groups in total. The van der Waals surface area contributed by atoms with Crippen LogP contribution in [0.1, 0.15) is 18.1 Å². The van der Waals surface area contributed by atoms with Gasteiger partial charge in [-0.2, -0.15) is 11.8 Å². The zero-order valence-electron chi connectivity index (χ0n) is 15.6. The second-order valence-corrected chi connectivity index (χ2v) is 6.50. The van der Waals surface area contributed by atoms with Crippen LogP contribution in [0, 0.1) is 13.8 Å². The van der Waals surface area contributed by atoms with Crippen LogP contribution in [0.5, 0.6) is 11.5 Å². The van der Waals surface area contributed by atoms with E-state index in [1.807, 2.05) is 45.1 Å². The molecule has 0 bridgehead atoms. The lowest BCUT2D eigenvalue weighted by Gasteiger charge is -2.14. The van der Waals surface area contributed by atoms with Crippen molar-refractivity contribution in [2.24, 2.45) is 5.16 Å². The minimum absolute atomic E-state index is 0.478. The fraction of sp³-hybridized carbons (Fsp3) is 0.526. The Bertz CT molecular complexity index is 523. The Hall–Kier alpha value is -1.66. The zero-order chi connectivity index (χ0) is 18.3. The predicted molar refractivity (Wildman–Crippen MR) is 105 cm³/mol. The van der Waals surface area contributed by atoms with Crippen LogP contribution >= 0.6 is 11.8 Å². The molecule has 5 nitrogen and oxygen atoms in total. The number of allylic oxidation sites excluding steroid dienone is 1. The smallest absolute Gasteiger partial charge is 0.125 e. The molecule has 0 unspecified atom stereocenters. The Morgan fingerprint density at radius 3 is 2.44 bits per heavy atom. The molecule has 1 rings (SSSR count). The van der Waals surface area contributed by atoms with Gasteiger partial charge in [0.25, 0.3) is 0 Å². The highest BCUT2D eigenvalue weighted by Gasteiger charge is 2.07. The predicted octanol–water partition coefficient (Wildman–Crippen LogP) is 4.02. The maximum absolute atomic E-state index is 5.94. The summed E-state index contributed by atoms with van der Waals surface area (Å²) >= 11 is 1.81. The summed E-state index contributed by atoms with van der Waals surface area (Å²) < 4.78 is 17.0. The van der Waals surface area contributed by atoms with Gasteiger partial charge in [-0.15, -0.1) is 0 Å². The third-order valence-electron chi connectivity index (χ3n) is 3.23. The molecule has 0 aromatic heterocycles. The summed E-state index contributed by atoms with van der Waals surface area (Å²) in [6.45, 7) is 8.52. The molecule has 25 heavy (non-hydrogen) atoms. The average Bonchev–Trinajstić information content (AvgIpc) is 2.59. The Morgan fingerprint density at radius 1 is 1.04 bits per heavy atom. The van der Waals surface area contributed by atoms with Gasteiger partial charge in [0.2, 0.25) is 0 Å². The molecule has 0 spiro atoms. The number of hydrogen-bond donors (Lipinski definition) is 0. The largest absolute Gasteiger partial charge is 0.492 e. The third kappa shape index (κ3) is 9.41. The first-order valence-corrected chi connectivity index (χ1v) is 9.53. The van der Waals surface area contributed by atoms with E-state index in [4.69, 9.17) is 14.2 Å². The topological polar surface area (TPSA) is 49.3 Å². The number of ether oxygens (including phenoxy) is 3. The molecule has 140 valence electrons. The number of thioether (sulfide) groups is 1. The minimum atomic E-state index is 0.478. The van der Waals surface area contributed by atoms with Gasteiger partial charge in [0.05, 0.1) is 26.0 Å². The van der Waals surface area contributed by atoms with Crippen molar-refractivity contribution in [2.45, 2.75) is 20.8 Å². The highest BCUT2D eigenvalue weighted by Crippen LogP contribution is 2.28. The normalized spacial score (nSPS) is 11.4. The van der Waals surface area contributed by atoms with Crippen LogP contribution < -0.4 is 9.47 Å². The van der Waals surface area contributed by atoms with Crippen LogP contribution in [0.25, 0.3) is 0 Å². The van der Waals surface area contributed by atoms with Crippen LogP contribution in [0.2, 0.25) is 0 Å². The van der Waals surface area contributed by atoms with Crippen molar-refractivity contribution in [3.05, 3.63) is 35.4 Å². The highest BCUT2D eigenvalue weighted by atomic mass is 32.2. The summed E-state index contributed by atoms with van der Waals surface area (Å²) in [5.74, 6) is 3.68. The monoisotopic (exact) mass is 367 g/mol. The molecule has 0 saturated carbocycles. The molecule has 0 aliphatic heterocycles. The van der Waals surface area contributed by atoms with E-state index in [-0.39, 0.29) is 0 Å². The van der Waals surface area contributed by atoms with Crippen molar-refractivity contribution < 1.29 is 19.0 Å². The summed E-state index contributed by atoms with van der Waals surface area (Å²) in [6.07, 6.45) is 5.57. The van der Waals surface area contributed by atoms with Gasteiger partial charge in [-0.1, -0.05) is 17.3 Å². The maximum Gasteiger partial charge on any atom is 0.125 e. The van der Waals surface area contributed by atoms with E-state index in [2.05, 4.69) is 9.99 Å². The number of rotatable bonds is 13. The van der Waals surface area contributed by atoms with Crippen LogP contribution in [-0.4, -0.2) is 51.3 Å². The summed E-state index contributed by atoms with van der Waals surface area (Å²) in [6, 6.07) is 4.04. The van der Waals surface area contributed by atoms with E-state index < -0.39 is 0 Å². The summed E-state index contributed by atoms with van der Waals surface area (Å²) in [7, 11) is 1.51. The van der Waals surface area contributed by atoms with Gasteiger partial charge in [0.1, 0.15) is 25.2 Å². The van der Waals surface area contributed by atoms with Crippen LogP contribution in [0.15, 0.2) is 29.4 Å². The van der Waals surface area contributed by atoms with E-state index in [0.717, 1.165) is 34.1 Å². The van der Waals surface area contributed by atoms with Gasteiger partial charge < -0.3 is 19.0 Å². The molecule has 0 aliphatic carbocycles. The van der Waals surface area contributed by atoms with Gasteiger partial charge in [-0.3, -0.25) is 0 Å². The third-order valence-corrected chi connectivity index (χ3v) is 4.14. The molecule has 0 fully saturated rings. The van der Waals surface area contributed by atoms with Crippen molar-refractivity contribution in [3.8, 4) is 11.5 Å². The Kier molecular flexibility index (Phi) is 11.6. The van der Waals surface area contributed by atoms with Gasteiger partial charge in [0, 0.05) is 11.5 Å². The fourth-order valence-corrected chi connectivity index (χ4v) is 2.77. The van der Waals surface area contributed by atoms with E-state index in [1.165, 1.54) is 7.11 Å². The van der Waals surface area contributed by atoms with E-state index in [1.54, 1.807) is 18.0 Å².